The molecule has 0 unspecified atom stereocenters. The molecule has 2 aliphatic carbocycles. The maximum atomic E-state index is 12.8. The molecule has 1 aromatic rings. The van der Waals surface area contributed by atoms with Crippen LogP contribution in [0.2, 0.25) is 0 Å². The van der Waals surface area contributed by atoms with Gasteiger partial charge in [0.1, 0.15) is 5.78 Å². The maximum Gasteiger partial charge on any atom is 0.212 e. The van der Waals surface area contributed by atoms with Gasteiger partial charge in [0.05, 0.1) is 11.9 Å². The fraction of sp³-hybridized carbons (Fsp3) is 0.650. The standard InChI is InChI=1S/C20H29NO4S/c1-14-7-5-6-8-16(14)17(25-4)12-21-26(23,24)13-20-10-9-15(11-18(20)22)19(20,2)3/h5-8,15,17,21H,9-13H2,1-4H3/t15-,17+,20-/m1/s1. The number of rotatable bonds is 7. The van der Waals surface area contributed by atoms with E-state index in [-0.39, 0.29) is 29.6 Å². The van der Waals surface area contributed by atoms with Crippen LogP contribution in [-0.2, 0) is 19.6 Å². The van der Waals surface area contributed by atoms with E-state index in [0.29, 0.717) is 18.8 Å². The smallest absolute Gasteiger partial charge is 0.212 e. The van der Waals surface area contributed by atoms with Crippen molar-refractivity contribution in [1.82, 2.24) is 4.72 Å². The summed E-state index contributed by atoms with van der Waals surface area (Å²) in [6.45, 7) is 6.25. The van der Waals surface area contributed by atoms with E-state index in [4.69, 9.17) is 4.74 Å². The van der Waals surface area contributed by atoms with E-state index in [1.165, 1.54) is 0 Å². The molecule has 0 radical (unpaired) electrons. The summed E-state index contributed by atoms with van der Waals surface area (Å²) in [4.78, 5) is 12.6. The Morgan fingerprint density at radius 1 is 1.31 bits per heavy atom. The number of methoxy groups -OCH3 is 1. The summed E-state index contributed by atoms with van der Waals surface area (Å²) < 4.78 is 33.8. The largest absolute Gasteiger partial charge is 0.375 e. The van der Waals surface area contributed by atoms with Crippen molar-refractivity contribution >= 4 is 15.8 Å². The predicted molar refractivity (Wildman–Crippen MR) is 101 cm³/mol. The van der Waals surface area contributed by atoms with Gasteiger partial charge in [-0.25, -0.2) is 13.1 Å². The molecule has 0 aliphatic heterocycles. The van der Waals surface area contributed by atoms with Gasteiger partial charge in [-0.15, -0.1) is 0 Å². The highest BCUT2D eigenvalue weighted by Crippen LogP contribution is 2.64. The third-order valence-electron chi connectivity index (χ3n) is 6.88. The molecule has 1 N–H and O–H groups in total. The monoisotopic (exact) mass is 379 g/mol. The van der Waals surface area contributed by atoms with Crippen LogP contribution in [0.25, 0.3) is 0 Å². The number of hydrogen-bond acceptors (Lipinski definition) is 4. The molecule has 0 saturated heterocycles. The highest BCUT2D eigenvalue weighted by molar-refractivity contribution is 7.89. The van der Waals surface area contributed by atoms with Crippen LogP contribution >= 0.6 is 0 Å². The number of Topliss-reactive ketones (excluding diaryl/α,β-unsaturated/α-hetero) is 1. The Kier molecular flexibility index (Phi) is 5.05. The van der Waals surface area contributed by atoms with E-state index < -0.39 is 15.4 Å². The first kappa shape index (κ1) is 19.5. The minimum Gasteiger partial charge on any atom is -0.375 e. The Morgan fingerprint density at radius 3 is 2.54 bits per heavy atom. The first-order valence-electron chi connectivity index (χ1n) is 9.22. The van der Waals surface area contributed by atoms with Gasteiger partial charge in [-0.1, -0.05) is 38.1 Å². The Labute approximate surface area is 156 Å². The van der Waals surface area contributed by atoms with Crippen LogP contribution < -0.4 is 4.72 Å². The van der Waals surface area contributed by atoms with Crippen LogP contribution in [0.5, 0.6) is 0 Å². The van der Waals surface area contributed by atoms with Gasteiger partial charge in [0.25, 0.3) is 0 Å². The molecule has 2 aliphatic rings. The third kappa shape index (κ3) is 3.12. The zero-order valence-electron chi connectivity index (χ0n) is 16.0. The van der Waals surface area contributed by atoms with Crippen molar-refractivity contribution in [3.8, 4) is 0 Å². The minimum absolute atomic E-state index is 0.117. The lowest BCUT2D eigenvalue weighted by Gasteiger charge is -2.36. The summed E-state index contributed by atoms with van der Waals surface area (Å²) in [5.41, 5.74) is 1.03. The number of fused-ring (bicyclic) bond motifs is 2. The number of benzene rings is 1. The topological polar surface area (TPSA) is 72.5 Å². The fourth-order valence-corrected chi connectivity index (χ4v) is 6.79. The SMILES string of the molecule is CO[C@@H](CNS(=O)(=O)C[C@]12CC[C@H](CC1=O)C2(C)C)c1ccccc1C. The van der Waals surface area contributed by atoms with Crippen LogP contribution in [-0.4, -0.2) is 33.6 Å². The van der Waals surface area contributed by atoms with Crippen molar-refractivity contribution < 1.29 is 17.9 Å². The summed E-state index contributed by atoms with van der Waals surface area (Å²) in [5, 5.41) is 0. The average Bonchev–Trinajstić information content (AvgIpc) is 2.90. The molecule has 144 valence electrons. The van der Waals surface area contributed by atoms with Gasteiger partial charge < -0.3 is 4.74 Å². The molecular weight excluding hydrogens is 350 g/mol. The van der Waals surface area contributed by atoms with Gasteiger partial charge in [0.15, 0.2) is 0 Å². The molecule has 0 aromatic heterocycles. The normalized spacial score (nSPS) is 28.5. The van der Waals surface area contributed by atoms with E-state index in [0.717, 1.165) is 17.5 Å². The molecule has 1 aromatic carbocycles. The van der Waals surface area contributed by atoms with Crippen molar-refractivity contribution in [2.24, 2.45) is 16.7 Å². The fourth-order valence-electron chi connectivity index (χ4n) is 4.95. The van der Waals surface area contributed by atoms with Crippen molar-refractivity contribution in [3.05, 3.63) is 35.4 Å². The summed E-state index contributed by atoms with van der Waals surface area (Å²) in [6, 6.07) is 7.79. The highest BCUT2D eigenvalue weighted by atomic mass is 32.2. The van der Waals surface area contributed by atoms with E-state index in [9.17, 15) is 13.2 Å². The Bertz CT molecular complexity index is 802. The van der Waals surface area contributed by atoms with E-state index >= 15 is 0 Å². The molecule has 2 bridgehead atoms. The Balaban J connectivity index is 1.74. The number of carbonyl (C=O) groups excluding carboxylic acids is 1. The van der Waals surface area contributed by atoms with Crippen molar-refractivity contribution in [1.29, 1.82) is 0 Å². The summed E-state index contributed by atoms with van der Waals surface area (Å²) in [7, 11) is -2.01. The molecule has 3 rings (SSSR count). The Hall–Kier alpha value is -1.24. The molecule has 0 amide bonds. The van der Waals surface area contributed by atoms with Crippen LogP contribution in [0.3, 0.4) is 0 Å². The predicted octanol–water partition coefficient (Wildman–Crippen LogP) is 3.00. The van der Waals surface area contributed by atoms with Crippen LogP contribution in [0.15, 0.2) is 24.3 Å². The van der Waals surface area contributed by atoms with Crippen LogP contribution in [0.1, 0.15) is 50.3 Å². The van der Waals surface area contributed by atoms with Crippen molar-refractivity contribution in [2.75, 3.05) is 19.4 Å². The number of hydrogen-bond donors (Lipinski definition) is 1. The highest BCUT2D eigenvalue weighted by Gasteiger charge is 2.65. The third-order valence-corrected chi connectivity index (χ3v) is 8.36. The number of ketones is 1. The molecular formula is C20H29NO4S. The zero-order chi connectivity index (χ0) is 19.2. The summed E-state index contributed by atoms with van der Waals surface area (Å²) in [5.74, 6) is 0.308. The van der Waals surface area contributed by atoms with Gasteiger partial charge in [0.2, 0.25) is 10.0 Å². The second-order valence-electron chi connectivity index (χ2n) is 8.36. The van der Waals surface area contributed by atoms with Crippen LogP contribution in [0, 0.1) is 23.7 Å². The molecule has 2 fully saturated rings. The second-order valence-corrected chi connectivity index (χ2v) is 10.2. The van der Waals surface area contributed by atoms with Gasteiger partial charge in [-0.05, 0) is 42.2 Å². The lowest BCUT2D eigenvalue weighted by Crippen LogP contribution is -2.46. The molecule has 0 heterocycles. The van der Waals surface area contributed by atoms with E-state index in [2.05, 4.69) is 18.6 Å². The molecule has 26 heavy (non-hydrogen) atoms. The quantitative estimate of drug-likeness (QED) is 0.790. The van der Waals surface area contributed by atoms with Gasteiger partial charge >= 0.3 is 0 Å². The van der Waals surface area contributed by atoms with Crippen LogP contribution in [0.4, 0.5) is 0 Å². The lowest BCUT2D eigenvalue weighted by atomic mass is 9.70. The minimum atomic E-state index is -3.59. The van der Waals surface area contributed by atoms with E-state index in [1.54, 1.807) is 7.11 Å². The van der Waals surface area contributed by atoms with Gasteiger partial charge in [-0.3, -0.25) is 4.79 Å². The number of aryl methyl sites for hydroxylation is 1. The maximum absolute atomic E-state index is 12.8. The Morgan fingerprint density at radius 2 is 2.00 bits per heavy atom. The van der Waals surface area contributed by atoms with Crippen molar-refractivity contribution in [3.63, 3.8) is 0 Å². The lowest BCUT2D eigenvalue weighted by molar-refractivity contribution is -0.128. The summed E-state index contributed by atoms with van der Waals surface area (Å²) >= 11 is 0. The zero-order valence-corrected chi connectivity index (χ0v) is 16.9. The number of ether oxygens (including phenoxy) is 1. The van der Waals surface area contributed by atoms with E-state index in [1.807, 2.05) is 31.2 Å². The molecule has 5 nitrogen and oxygen atoms in total. The molecule has 2 saturated carbocycles. The number of carbonyl (C=O) groups is 1. The number of sulfonamides is 1. The average molecular weight is 380 g/mol. The van der Waals surface area contributed by atoms with Gasteiger partial charge in [0, 0.05) is 25.5 Å². The first-order chi connectivity index (χ1) is 12.1. The van der Waals surface area contributed by atoms with Gasteiger partial charge in [-0.2, -0.15) is 0 Å². The first-order valence-corrected chi connectivity index (χ1v) is 10.9. The summed E-state index contributed by atoms with van der Waals surface area (Å²) in [6.07, 6.45) is 1.78. The molecule has 6 heteroatoms. The molecule has 3 atom stereocenters. The molecule has 0 spiro atoms. The van der Waals surface area contributed by atoms with Crippen molar-refractivity contribution in [2.45, 2.75) is 46.1 Å². The second kappa shape index (κ2) is 6.73. The number of nitrogens with one attached hydrogen (secondary N) is 1.